The van der Waals surface area contributed by atoms with Gasteiger partial charge in [-0.1, -0.05) is 31.5 Å². The number of halogens is 1. The van der Waals surface area contributed by atoms with E-state index in [2.05, 4.69) is 5.32 Å². The van der Waals surface area contributed by atoms with Crippen molar-refractivity contribution in [3.05, 3.63) is 29.3 Å². The number of Topliss-reactive ketones (excluding diaryl/α,β-unsaturated/α-hetero) is 1. The molecule has 0 bridgehead atoms. The van der Waals surface area contributed by atoms with Crippen LogP contribution in [-0.2, 0) is 9.59 Å². The third kappa shape index (κ3) is 5.19. The van der Waals surface area contributed by atoms with Gasteiger partial charge < -0.3 is 10.1 Å². The molecule has 0 fully saturated rings. The van der Waals surface area contributed by atoms with Gasteiger partial charge in [-0.3, -0.25) is 9.59 Å². The van der Waals surface area contributed by atoms with Gasteiger partial charge in [0.15, 0.2) is 12.4 Å². The fraction of sp³-hybridized carbons (Fsp3) is 0.385. The second-order valence-electron chi connectivity index (χ2n) is 4.14. The molecule has 0 saturated heterocycles. The average molecular weight is 270 g/mol. The summed E-state index contributed by atoms with van der Waals surface area (Å²) in [6.07, 6.45) is 0. The van der Waals surface area contributed by atoms with Crippen LogP contribution < -0.4 is 10.1 Å². The molecular weight excluding hydrogens is 254 g/mol. The minimum absolute atomic E-state index is 0.00824. The van der Waals surface area contributed by atoms with Crippen LogP contribution in [0.3, 0.4) is 0 Å². The molecule has 1 aromatic rings. The number of carbonyl (C=O) groups excluding carboxylic acids is 2. The van der Waals surface area contributed by atoms with Crippen LogP contribution >= 0.6 is 11.6 Å². The van der Waals surface area contributed by atoms with Crippen molar-refractivity contribution in [3.8, 4) is 5.75 Å². The monoisotopic (exact) mass is 269 g/mol. The smallest absolute Gasteiger partial charge is 0.258 e. The first-order valence-corrected chi connectivity index (χ1v) is 6.04. The Balaban J connectivity index is 2.31. The second kappa shape index (κ2) is 7.01. The summed E-state index contributed by atoms with van der Waals surface area (Å²) in [6, 6.07) is 6.78. The number of ketones is 1. The van der Waals surface area contributed by atoms with Crippen LogP contribution in [0.5, 0.6) is 5.75 Å². The van der Waals surface area contributed by atoms with E-state index in [0.717, 1.165) is 0 Å². The third-order valence-corrected chi connectivity index (χ3v) is 2.50. The highest BCUT2D eigenvalue weighted by molar-refractivity contribution is 6.30. The van der Waals surface area contributed by atoms with Crippen molar-refractivity contribution in [3.63, 3.8) is 0 Å². The molecule has 0 aliphatic heterocycles. The van der Waals surface area contributed by atoms with Crippen molar-refractivity contribution in [2.24, 2.45) is 5.92 Å². The molecule has 1 amide bonds. The molecule has 1 rings (SSSR count). The lowest BCUT2D eigenvalue weighted by atomic mass is 10.1. The minimum atomic E-state index is -0.330. The largest absolute Gasteiger partial charge is 0.484 e. The summed E-state index contributed by atoms with van der Waals surface area (Å²) >= 11 is 5.77. The molecular formula is C13H16ClNO3. The van der Waals surface area contributed by atoms with Gasteiger partial charge in [0.05, 0.1) is 6.54 Å². The Morgan fingerprint density at radius 3 is 2.72 bits per heavy atom. The Bertz CT molecular complexity index is 432. The van der Waals surface area contributed by atoms with E-state index < -0.39 is 0 Å². The predicted octanol–water partition coefficient (Wildman–Crippen LogP) is 2.06. The molecule has 0 aromatic heterocycles. The Morgan fingerprint density at radius 2 is 2.11 bits per heavy atom. The van der Waals surface area contributed by atoms with Crippen LogP contribution in [0.15, 0.2) is 24.3 Å². The van der Waals surface area contributed by atoms with E-state index >= 15 is 0 Å². The first-order valence-electron chi connectivity index (χ1n) is 5.67. The number of amides is 1. The number of hydrogen-bond donors (Lipinski definition) is 1. The van der Waals surface area contributed by atoms with E-state index in [1.165, 1.54) is 0 Å². The van der Waals surface area contributed by atoms with Crippen LogP contribution in [0.1, 0.15) is 13.8 Å². The summed E-state index contributed by atoms with van der Waals surface area (Å²) in [5.41, 5.74) is 0. The highest BCUT2D eigenvalue weighted by Crippen LogP contribution is 2.16. The van der Waals surface area contributed by atoms with Crippen molar-refractivity contribution >= 4 is 23.3 Å². The highest BCUT2D eigenvalue weighted by Gasteiger charge is 2.09. The quantitative estimate of drug-likeness (QED) is 0.860. The summed E-state index contributed by atoms with van der Waals surface area (Å²) < 4.78 is 5.23. The fourth-order valence-corrected chi connectivity index (χ4v) is 1.33. The Morgan fingerprint density at radius 1 is 1.39 bits per heavy atom. The van der Waals surface area contributed by atoms with Crippen LogP contribution in [0.2, 0.25) is 5.02 Å². The minimum Gasteiger partial charge on any atom is -0.484 e. The second-order valence-corrected chi connectivity index (χ2v) is 4.58. The summed E-state index contributed by atoms with van der Waals surface area (Å²) in [7, 11) is 0. The zero-order valence-electron chi connectivity index (χ0n) is 10.4. The molecule has 4 nitrogen and oxygen atoms in total. The number of nitrogens with one attached hydrogen (secondary N) is 1. The lowest BCUT2D eigenvalue weighted by Crippen LogP contribution is -2.34. The molecule has 0 aliphatic rings. The van der Waals surface area contributed by atoms with Gasteiger partial charge in [-0.25, -0.2) is 0 Å². The Kier molecular flexibility index (Phi) is 5.65. The van der Waals surface area contributed by atoms with Gasteiger partial charge in [0.25, 0.3) is 5.91 Å². The van der Waals surface area contributed by atoms with Crippen LogP contribution in [0.25, 0.3) is 0 Å². The highest BCUT2D eigenvalue weighted by atomic mass is 35.5. The van der Waals surface area contributed by atoms with Crippen LogP contribution in [0, 0.1) is 5.92 Å². The van der Waals surface area contributed by atoms with E-state index in [4.69, 9.17) is 16.3 Å². The normalized spacial score (nSPS) is 10.2. The van der Waals surface area contributed by atoms with Crippen molar-refractivity contribution < 1.29 is 14.3 Å². The van der Waals surface area contributed by atoms with Crippen molar-refractivity contribution in [2.45, 2.75) is 13.8 Å². The lowest BCUT2D eigenvalue weighted by Gasteiger charge is -2.08. The van der Waals surface area contributed by atoms with Gasteiger partial charge in [-0.15, -0.1) is 0 Å². The summed E-state index contributed by atoms with van der Waals surface area (Å²) in [6.45, 7) is 3.48. The molecule has 0 atom stereocenters. The number of carbonyl (C=O) groups is 2. The van der Waals surface area contributed by atoms with Crippen molar-refractivity contribution in [1.82, 2.24) is 5.32 Å². The van der Waals surface area contributed by atoms with Gasteiger partial charge >= 0.3 is 0 Å². The number of ether oxygens (including phenoxy) is 1. The maximum atomic E-state index is 11.4. The molecule has 5 heteroatoms. The standard InChI is InChI=1S/C13H16ClNO3/c1-9(2)12(16)7-15-13(17)8-18-11-5-3-4-10(14)6-11/h3-6,9H,7-8H2,1-2H3,(H,15,17). The Labute approximate surface area is 111 Å². The number of benzene rings is 1. The molecule has 0 heterocycles. The average Bonchev–Trinajstić information content (AvgIpc) is 2.33. The van der Waals surface area contributed by atoms with E-state index in [0.29, 0.717) is 10.8 Å². The van der Waals surface area contributed by atoms with Crippen LogP contribution in [0.4, 0.5) is 0 Å². The van der Waals surface area contributed by atoms with Crippen molar-refractivity contribution in [1.29, 1.82) is 0 Å². The zero-order valence-corrected chi connectivity index (χ0v) is 11.2. The zero-order chi connectivity index (χ0) is 13.5. The third-order valence-electron chi connectivity index (χ3n) is 2.27. The van der Waals surface area contributed by atoms with Gasteiger partial charge in [-0.05, 0) is 18.2 Å². The molecule has 0 radical (unpaired) electrons. The molecule has 0 unspecified atom stereocenters. The fourth-order valence-electron chi connectivity index (χ4n) is 1.15. The SMILES string of the molecule is CC(C)C(=O)CNC(=O)COc1cccc(Cl)c1. The maximum absolute atomic E-state index is 11.4. The molecule has 98 valence electrons. The van der Waals surface area contributed by atoms with Gasteiger partial charge in [0.2, 0.25) is 0 Å². The topological polar surface area (TPSA) is 55.4 Å². The predicted molar refractivity (Wildman–Crippen MR) is 69.8 cm³/mol. The van der Waals surface area contributed by atoms with E-state index in [9.17, 15) is 9.59 Å². The summed E-state index contributed by atoms with van der Waals surface area (Å²) in [4.78, 5) is 22.7. The van der Waals surface area contributed by atoms with Crippen molar-refractivity contribution in [2.75, 3.05) is 13.2 Å². The molecule has 1 aromatic carbocycles. The molecule has 18 heavy (non-hydrogen) atoms. The van der Waals surface area contributed by atoms with Gasteiger partial charge in [0.1, 0.15) is 5.75 Å². The molecule has 1 N–H and O–H groups in total. The first kappa shape index (κ1) is 14.5. The molecule has 0 aliphatic carbocycles. The van der Waals surface area contributed by atoms with Crippen LogP contribution in [-0.4, -0.2) is 24.8 Å². The summed E-state index contributed by atoms with van der Waals surface area (Å²) in [5, 5.41) is 3.05. The lowest BCUT2D eigenvalue weighted by molar-refractivity contribution is -0.127. The van der Waals surface area contributed by atoms with E-state index in [1.807, 2.05) is 0 Å². The number of hydrogen-bond acceptors (Lipinski definition) is 3. The van der Waals surface area contributed by atoms with Gasteiger partial charge in [-0.2, -0.15) is 0 Å². The maximum Gasteiger partial charge on any atom is 0.258 e. The first-order chi connectivity index (χ1) is 8.49. The van der Waals surface area contributed by atoms with E-state index in [-0.39, 0.29) is 30.8 Å². The molecule has 0 saturated carbocycles. The Hall–Kier alpha value is -1.55. The number of rotatable bonds is 6. The molecule has 0 spiro atoms. The van der Waals surface area contributed by atoms with E-state index in [1.54, 1.807) is 38.1 Å². The summed E-state index contributed by atoms with van der Waals surface area (Å²) in [5.74, 6) is 0.0991. The van der Waals surface area contributed by atoms with Gasteiger partial charge in [0, 0.05) is 10.9 Å².